The molecule has 0 aliphatic heterocycles. The second-order valence-corrected chi connectivity index (χ2v) is 5.70. The van der Waals surface area contributed by atoms with Crippen molar-refractivity contribution >= 4 is 17.0 Å². The Balaban J connectivity index is 3.22. The number of nitrogens with zero attached hydrogens (tertiary/aromatic N) is 3. The summed E-state index contributed by atoms with van der Waals surface area (Å²) in [6.45, 7) is 10.5. The third kappa shape index (κ3) is 3.02. The molecule has 0 fully saturated rings. The standard InChI is InChI=1S/C11H19N3S/c1-8(2)12-13-10-14(6)9(7-15-10)11(3,4)5/h7H,1-6H3/b13-10-. The molecule has 84 valence electrons. The van der Waals surface area contributed by atoms with Gasteiger partial charge in [0, 0.05) is 29.2 Å². The van der Waals surface area contributed by atoms with Gasteiger partial charge in [-0.05, 0) is 13.8 Å². The molecular weight excluding hydrogens is 206 g/mol. The average Bonchev–Trinajstić information content (AvgIpc) is 2.42. The van der Waals surface area contributed by atoms with Crippen molar-refractivity contribution in [1.29, 1.82) is 0 Å². The Morgan fingerprint density at radius 2 is 1.93 bits per heavy atom. The number of hydrogen-bond donors (Lipinski definition) is 0. The molecule has 0 aliphatic carbocycles. The van der Waals surface area contributed by atoms with Crippen LogP contribution in [0.5, 0.6) is 0 Å². The van der Waals surface area contributed by atoms with E-state index in [2.05, 4.69) is 40.9 Å². The summed E-state index contributed by atoms with van der Waals surface area (Å²) < 4.78 is 2.11. The fraction of sp³-hybridized carbons (Fsp3) is 0.636. The van der Waals surface area contributed by atoms with Crippen LogP contribution in [0.2, 0.25) is 0 Å². The molecule has 15 heavy (non-hydrogen) atoms. The van der Waals surface area contributed by atoms with Crippen molar-refractivity contribution in [1.82, 2.24) is 4.57 Å². The summed E-state index contributed by atoms with van der Waals surface area (Å²) in [6, 6.07) is 0. The van der Waals surface area contributed by atoms with E-state index in [0.29, 0.717) is 0 Å². The zero-order chi connectivity index (χ0) is 11.6. The highest BCUT2D eigenvalue weighted by Crippen LogP contribution is 2.21. The van der Waals surface area contributed by atoms with Gasteiger partial charge in [-0.3, -0.25) is 0 Å². The van der Waals surface area contributed by atoms with Gasteiger partial charge in [0.15, 0.2) is 0 Å². The third-order valence-corrected chi connectivity index (χ3v) is 2.94. The van der Waals surface area contributed by atoms with Gasteiger partial charge >= 0.3 is 0 Å². The molecule has 0 atom stereocenters. The zero-order valence-corrected chi connectivity index (χ0v) is 11.1. The van der Waals surface area contributed by atoms with Gasteiger partial charge < -0.3 is 4.57 Å². The highest BCUT2D eigenvalue weighted by atomic mass is 32.1. The maximum Gasteiger partial charge on any atom is 0.210 e. The maximum absolute atomic E-state index is 4.21. The summed E-state index contributed by atoms with van der Waals surface area (Å²) in [5, 5.41) is 10.4. The molecular formula is C11H19N3S. The zero-order valence-electron chi connectivity index (χ0n) is 10.3. The molecule has 0 bridgehead atoms. The molecule has 1 aromatic heterocycles. The van der Waals surface area contributed by atoms with Gasteiger partial charge in [0.2, 0.25) is 4.80 Å². The van der Waals surface area contributed by atoms with Gasteiger partial charge in [-0.2, -0.15) is 5.10 Å². The predicted octanol–water partition coefficient (Wildman–Crippen LogP) is 2.68. The summed E-state index contributed by atoms with van der Waals surface area (Å²) in [6.07, 6.45) is 0. The summed E-state index contributed by atoms with van der Waals surface area (Å²) in [4.78, 5) is 0.945. The fourth-order valence-corrected chi connectivity index (χ4v) is 2.36. The average molecular weight is 225 g/mol. The third-order valence-electron chi connectivity index (χ3n) is 2.03. The Morgan fingerprint density at radius 3 is 2.33 bits per heavy atom. The van der Waals surface area contributed by atoms with Gasteiger partial charge in [0.1, 0.15) is 0 Å². The first-order chi connectivity index (χ1) is 6.82. The minimum Gasteiger partial charge on any atom is -0.322 e. The molecule has 0 spiro atoms. The van der Waals surface area contributed by atoms with E-state index in [9.17, 15) is 0 Å². The van der Waals surface area contributed by atoms with Gasteiger partial charge in [0.05, 0.1) is 0 Å². The molecule has 0 N–H and O–H groups in total. The van der Waals surface area contributed by atoms with Crippen molar-refractivity contribution in [3.8, 4) is 0 Å². The predicted molar refractivity (Wildman–Crippen MR) is 66.3 cm³/mol. The lowest BCUT2D eigenvalue weighted by Gasteiger charge is -2.18. The molecule has 1 aromatic rings. The number of rotatable bonds is 1. The Morgan fingerprint density at radius 1 is 1.33 bits per heavy atom. The van der Waals surface area contributed by atoms with E-state index in [1.165, 1.54) is 5.69 Å². The molecule has 0 saturated carbocycles. The van der Waals surface area contributed by atoms with Gasteiger partial charge in [0.25, 0.3) is 0 Å². The second kappa shape index (κ2) is 4.31. The largest absolute Gasteiger partial charge is 0.322 e. The van der Waals surface area contributed by atoms with Crippen LogP contribution in [0.1, 0.15) is 40.3 Å². The van der Waals surface area contributed by atoms with Crippen molar-refractivity contribution in [2.75, 3.05) is 0 Å². The van der Waals surface area contributed by atoms with E-state index < -0.39 is 0 Å². The van der Waals surface area contributed by atoms with Crippen molar-refractivity contribution in [2.45, 2.75) is 40.0 Å². The lowest BCUT2D eigenvalue weighted by Crippen LogP contribution is -2.21. The van der Waals surface area contributed by atoms with Crippen molar-refractivity contribution in [3.63, 3.8) is 0 Å². The van der Waals surface area contributed by atoms with Crippen LogP contribution in [0, 0.1) is 0 Å². The van der Waals surface area contributed by atoms with Gasteiger partial charge in [-0.15, -0.1) is 16.4 Å². The first-order valence-electron chi connectivity index (χ1n) is 5.02. The molecule has 0 amide bonds. The highest BCUT2D eigenvalue weighted by molar-refractivity contribution is 7.07. The molecule has 0 aromatic carbocycles. The Labute approximate surface area is 95.2 Å². The Hall–Kier alpha value is -0.900. The number of hydrogen-bond acceptors (Lipinski definition) is 3. The minimum atomic E-state index is 0.157. The summed E-state index contributed by atoms with van der Waals surface area (Å²) in [5.74, 6) is 0. The normalized spacial score (nSPS) is 13.1. The maximum atomic E-state index is 4.21. The highest BCUT2D eigenvalue weighted by Gasteiger charge is 2.17. The smallest absolute Gasteiger partial charge is 0.210 e. The van der Waals surface area contributed by atoms with E-state index in [0.717, 1.165) is 10.5 Å². The van der Waals surface area contributed by atoms with Crippen LogP contribution in [0.25, 0.3) is 0 Å². The molecule has 0 radical (unpaired) electrons. The van der Waals surface area contributed by atoms with Crippen LogP contribution in [0.4, 0.5) is 0 Å². The van der Waals surface area contributed by atoms with E-state index in [1.54, 1.807) is 11.3 Å². The molecule has 0 aliphatic rings. The van der Waals surface area contributed by atoms with Crippen molar-refractivity contribution < 1.29 is 0 Å². The second-order valence-electron chi connectivity index (χ2n) is 4.86. The monoisotopic (exact) mass is 225 g/mol. The molecule has 3 nitrogen and oxygen atoms in total. The quantitative estimate of drug-likeness (QED) is 0.519. The fourth-order valence-electron chi connectivity index (χ4n) is 1.28. The van der Waals surface area contributed by atoms with E-state index in [-0.39, 0.29) is 5.41 Å². The summed E-state index contributed by atoms with van der Waals surface area (Å²) in [7, 11) is 2.04. The first-order valence-corrected chi connectivity index (χ1v) is 5.90. The lowest BCUT2D eigenvalue weighted by atomic mass is 9.93. The van der Waals surface area contributed by atoms with E-state index in [4.69, 9.17) is 0 Å². The van der Waals surface area contributed by atoms with E-state index >= 15 is 0 Å². The van der Waals surface area contributed by atoms with Gasteiger partial charge in [-0.1, -0.05) is 20.8 Å². The molecule has 4 heteroatoms. The molecule has 0 saturated heterocycles. The van der Waals surface area contributed by atoms with Crippen LogP contribution in [-0.2, 0) is 12.5 Å². The van der Waals surface area contributed by atoms with Crippen LogP contribution in [0.15, 0.2) is 15.6 Å². The SMILES string of the molecule is CC(C)=N/N=c1\scc(C(C)(C)C)n1C. The molecule has 1 heterocycles. The summed E-state index contributed by atoms with van der Waals surface area (Å²) in [5.41, 5.74) is 2.42. The Bertz CT molecular complexity index is 425. The minimum absolute atomic E-state index is 0.157. The van der Waals surface area contributed by atoms with Crippen LogP contribution in [0.3, 0.4) is 0 Å². The topological polar surface area (TPSA) is 29.6 Å². The Kier molecular flexibility index (Phi) is 3.50. The summed E-state index contributed by atoms with van der Waals surface area (Å²) >= 11 is 1.63. The molecule has 1 rings (SSSR count). The number of thiazole rings is 1. The first kappa shape index (κ1) is 12.2. The molecule has 0 unspecified atom stereocenters. The van der Waals surface area contributed by atoms with E-state index in [1.807, 2.05) is 20.9 Å². The van der Waals surface area contributed by atoms with Crippen molar-refractivity contribution in [2.24, 2.45) is 17.3 Å². The van der Waals surface area contributed by atoms with Gasteiger partial charge in [-0.25, -0.2) is 0 Å². The van der Waals surface area contributed by atoms with Crippen LogP contribution in [-0.4, -0.2) is 10.3 Å². The van der Waals surface area contributed by atoms with Crippen LogP contribution < -0.4 is 4.80 Å². The number of aromatic nitrogens is 1. The van der Waals surface area contributed by atoms with Crippen LogP contribution >= 0.6 is 11.3 Å². The lowest BCUT2D eigenvalue weighted by molar-refractivity contribution is 0.537. The van der Waals surface area contributed by atoms with Crippen molar-refractivity contribution in [3.05, 3.63) is 15.9 Å².